The van der Waals surface area contributed by atoms with Gasteiger partial charge in [-0.1, -0.05) is 5.16 Å². The second-order valence-corrected chi connectivity index (χ2v) is 4.74. The molecule has 1 aromatic heterocycles. The highest BCUT2D eigenvalue weighted by Crippen LogP contribution is 2.23. The molecule has 1 aromatic rings. The average Bonchev–Trinajstić information content (AvgIpc) is 2.84. The first kappa shape index (κ1) is 9.84. The highest BCUT2D eigenvalue weighted by atomic mass is 16.5. The van der Waals surface area contributed by atoms with Crippen molar-refractivity contribution >= 4 is 5.91 Å². The standard InChI is InChI=1S/C11H15N3O2/c1-7-2-10(13-16-7)11(15)14-5-8-3-9(6-14)12-4-8/h2,8-9,12H,3-6H2,1H3/t8-,9-/m1/s1. The number of carbonyl (C=O) groups excluding carboxylic acids is 1. The van der Waals surface area contributed by atoms with Gasteiger partial charge in [-0.25, -0.2) is 0 Å². The molecule has 2 aliphatic heterocycles. The molecule has 3 heterocycles. The van der Waals surface area contributed by atoms with Crippen LogP contribution in [0.5, 0.6) is 0 Å². The van der Waals surface area contributed by atoms with Crippen molar-refractivity contribution in [1.29, 1.82) is 0 Å². The van der Waals surface area contributed by atoms with E-state index in [0.717, 1.165) is 19.6 Å². The molecule has 1 amide bonds. The topological polar surface area (TPSA) is 58.4 Å². The quantitative estimate of drug-likeness (QED) is 0.746. The Morgan fingerprint density at radius 1 is 1.62 bits per heavy atom. The van der Waals surface area contributed by atoms with Crippen molar-refractivity contribution in [3.05, 3.63) is 17.5 Å². The van der Waals surface area contributed by atoms with Crippen LogP contribution in [0.2, 0.25) is 0 Å². The Morgan fingerprint density at radius 2 is 2.50 bits per heavy atom. The summed E-state index contributed by atoms with van der Waals surface area (Å²) in [5.74, 6) is 1.28. The molecule has 0 unspecified atom stereocenters. The molecule has 16 heavy (non-hydrogen) atoms. The minimum absolute atomic E-state index is 0.00440. The fourth-order valence-corrected chi connectivity index (χ4v) is 2.63. The van der Waals surface area contributed by atoms with E-state index in [4.69, 9.17) is 4.52 Å². The van der Waals surface area contributed by atoms with Crippen LogP contribution in [0.3, 0.4) is 0 Å². The van der Waals surface area contributed by atoms with Crippen LogP contribution in [0.4, 0.5) is 0 Å². The summed E-state index contributed by atoms with van der Waals surface area (Å²) in [4.78, 5) is 14.0. The molecule has 2 atom stereocenters. The summed E-state index contributed by atoms with van der Waals surface area (Å²) >= 11 is 0. The zero-order valence-electron chi connectivity index (χ0n) is 9.27. The predicted octanol–water partition coefficient (Wildman–Crippen LogP) is 0.417. The smallest absolute Gasteiger partial charge is 0.276 e. The number of aromatic nitrogens is 1. The molecule has 0 saturated carbocycles. The number of amides is 1. The minimum Gasteiger partial charge on any atom is -0.361 e. The van der Waals surface area contributed by atoms with Crippen molar-refractivity contribution in [2.75, 3.05) is 19.6 Å². The number of fused-ring (bicyclic) bond motifs is 2. The van der Waals surface area contributed by atoms with E-state index >= 15 is 0 Å². The summed E-state index contributed by atoms with van der Waals surface area (Å²) in [6.45, 7) is 4.47. The number of hydrogen-bond donors (Lipinski definition) is 1. The van der Waals surface area contributed by atoms with Crippen molar-refractivity contribution in [1.82, 2.24) is 15.4 Å². The number of hydrogen-bond acceptors (Lipinski definition) is 4. The lowest BCUT2D eigenvalue weighted by molar-refractivity contribution is 0.0681. The van der Waals surface area contributed by atoms with E-state index < -0.39 is 0 Å². The Kier molecular flexibility index (Phi) is 2.21. The van der Waals surface area contributed by atoms with Crippen molar-refractivity contribution in [2.45, 2.75) is 19.4 Å². The summed E-state index contributed by atoms with van der Waals surface area (Å²) < 4.78 is 4.93. The first-order valence-corrected chi connectivity index (χ1v) is 5.68. The Bertz CT molecular complexity index is 403. The van der Waals surface area contributed by atoms with Gasteiger partial charge in [-0.05, 0) is 19.3 Å². The molecule has 0 aromatic carbocycles. The summed E-state index contributed by atoms with van der Waals surface area (Å²) in [6, 6.07) is 2.17. The van der Waals surface area contributed by atoms with Crippen LogP contribution in [-0.4, -0.2) is 41.6 Å². The van der Waals surface area contributed by atoms with Crippen LogP contribution in [0.15, 0.2) is 10.6 Å². The lowest BCUT2D eigenvalue weighted by atomic mass is 10.00. The third kappa shape index (κ3) is 1.61. The molecule has 1 N–H and O–H groups in total. The summed E-state index contributed by atoms with van der Waals surface area (Å²) in [6.07, 6.45) is 1.20. The van der Waals surface area contributed by atoms with Crippen molar-refractivity contribution in [3.63, 3.8) is 0 Å². The second kappa shape index (κ2) is 3.59. The molecule has 0 spiro atoms. The molecular formula is C11H15N3O2. The largest absolute Gasteiger partial charge is 0.361 e. The number of carbonyl (C=O) groups is 1. The van der Waals surface area contributed by atoms with Crippen molar-refractivity contribution < 1.29 is 9.32 Å². The van der Waals surface area contributed by atoms with Gasteiger partial charge in [0.25, 0.3) is 5.91 Å². The monoisotopic (exact) mass is 221 g/mol. The first-order chi connectivity index (χ1) is 7.72. The number of piperidine rings is 1. The van der Waals surface area contributed by atoms with Gasteiger partial charge in [0.1, 0.15) is 5.76 Å². The van der Waals surface area contributed by atoms with Crippen LogP contribution < -0.4 is 5.32 Å². The molecule has 2 saturated heterocycles. The Morgan fingerprint density at radius 3 is 3.19 bits per heavy atom. The number of aryl methyl sites for hydroxylation is 1. The lowest BCUT2D eigenvalue weighted by Gasteiger charge is -2.30. The lowest BCUT2D eigenvalue weighted by Crippen LogP contribution is -2.44. The molecular weight excluding hydrogens is 206 g/mol. The summed E-state index contributed by atoms with van der Waals surface area (Å²) in [5.41, 5.74) is 0.429. The highest BCUT2D eigenvalue weighted by Gasteiger charge is 2.35. The number of nitrogens with one attached hydrogen (secondary N) is 1. The number of nitrogens with zero attached hydrogens (tertiary/aromatic N) is 2. The van der Waals surface area contributed by atoms with E-state index in [1.807, 2.05) is 4.90 Å². The fraction of sp³-hybridized carbons (Fsp3) is 0.636. The van der Waals surface area contributed by atoms with E-state index in [1.165, 1.54) is 6.42 Å². The van der Waals surface area contributed by atoms with Gasteiger partial charge in [0.15, 0.2) is 5.69 Å². The second-order valence-electron chi connectivity index (χ2n) is 4.74. The Labute approximate surface area is 93.8 Å². The van der Waals surface area contributed by atoms with Crippen LogP contribution in [0.25, 0.3) is 0 Å². The molecule has 0 radical (unpaired) electrons. The summed E-state index contributed by atoms with van der Waals surface area (Å²) in [5, 5.41) is 7.20. The maximum absolute atomic E-state index is 12.1. The molecule has 2 aliphatic rings. The van der Waals surface area contributed by atoms with Gasteiger partial charge < -0.3 is 14.7 Å². The van der Waals surface area contributed by atoms with Gasteiger partial charge in [-0.15, -0.1) is 0 Å². The maximum atomic E-state index is 12.1. The molecule has 2 bridgehead atoms. The van der Waals surface area contributed by atoms with Gasteiger partial charge in [-0.3, -0.25) is 4.79 Å². The van der Waals surface area contributed by atoms with E-state index in [9.17, 15) is 4.79 Å². The third-order valence-corrected chi connectivity index (χ3v) is 3.37. The molecule has 2 fully saturated rings. The normalized spacial score (nSPS) is 28.4. The van der Waals surface area contributed by atoms with E-state index in [1.54, 1.807) is 13.0 Å². The van der Waals surface area contributed by atoms with E-state index in [2.05, 4.69) is 10.5 Å². The van der Waals surface area contributed by atoms with Gasteiger partial charge in [0.2, 0.25) is 0 Å². The van der Waals surface area contributed by atoms with Crippen molar-refractivity contribution in [2.24, 2.45) is 5.92 Å². The average molecular weight is 221 g/mol. The molecule has 0 aliphatic carbocycles. The highest BCUT2D eigenvalue weighted by molar-refractivity contribution is 5.92. The zero-order valence-corrected chi connectivity index (χ0v) is 9.27. The molecule has 3 rings (SSSR count). The molecule has 5 heteroatoms. The van der Waals surface area contributed by atoms with Crippen molar-refractivity contribution in [3.8, 4) is 0 Å². The van der Waals surface area contributed by atoms with Gasteiger partial charge >= 0.3 is 0 Å². The fourth-order valence-electron chi connectivity index (χ4n) is 2.63. The van der Waals surface area contributed by atoms with Crippen LogP contribution in [0.1, 0.15) is 22.7 Å². The van der Waals surface area contributed by atoms with Gasteiger partial charge in [0.05, 0.1) is 0 Å². The maximum Gasteiger partial charge on any atom is 0.276 e. The van der Waals surface area contributed by atoms with Crippen LogP contribution in [0, 0.1) is 12.8 Å². The van der Waals surface area contributed by atoms with Crippen LogP contribution in [-0.2, 0) is 0 Å². The molecule has 5 nitrogen and oxygen atoms in total. The minimum atomic E-state index is -0.00440. The van der Waals surface area contributed by atoms with Gasteiger partial charge in [0, 0.05) is 31.7 Å². The van der Waals surface area contributed by atoms with E-state index in [-0.39, 0.29) is 5.91 Å². The van der Waals surface area contributed by atoms with E-state index in [0.29, 0.717) is 23.4 Å². The Balaban J connectivity index is 1.76. The number of likely N-dealkylation sites (tertiary alicyclic amines) is 1. The number of rotatable bonds is 1. The third-order valence-electron chi connectivity index (χ3n) is 3.37. The molecule has 86 valence electrons. The first-order valence-electron chi connectivity index (χ1n) is 5.68. The SMILES string of the molecule is Cc1cc(C(=O)N2C[C@H]3CN[C@H](C3)C2)no1. The summed E-state index contributed by atoms with van der Waals surface area (Å²) in [7, 11) is 0. The van der Waals surface area contributed by atoms with Crippen LogP contribution >= 0.6 is 0 Å². The predicted molar refractivity (Wildman–Crippen MR) is 57.0 cm³/mol. The zero-order chi connectivity index (χ0) is 11.1. The van der Waals surface area contributed by atoms with Gasteiger partial charge in [-0.2, -0.15) is 0 Å². The Hall–Kier alpha value is -1.36.